The van der Waals surface area contributed by atoms with E-state index in [-0.39, 0.29) is 5.91 Å². The smallest absolute Gasteiger partial charge is 0.246 e. The average Bonchev–Trinajstić information content (AvgIpc) is 3.36. The molecule has 1 aliphatic heterocycles. The van der Waals surface area contributed by atoms with Gasteiger partial charge in [-0.1, -0.05) is 17.3 Å². The summed E-state index contributed by atoms with van der Waals surface area (Å²) >= 11 is 0. The van der Waals surface area contributed by atoms with Crippen LogP contribution in [-0.4, -0.2) is 29.2 Å². The Balaban J connectivity index is 1.45. The van der Waals surface area contributed by atoms with Crippen LogP contribution in [0.25, 0.3) is 11.4 Å². The number of amides is 1. The molecule has 0 spiro atoms. The molecule has 144 valence electrons. The highest BCUT2D eigenvalue weighted by Crippen LogP contribution is 2.29. The summed E-state index contributed by atoms with van der Waals surface area (Å²) in [6, 6.07) is 15.3. The van der Waals surface area contributed by atoms with Gasteiger partial charge in [0.1, 0.15) is 5.75 Å². The number of aromatic nitrogens is 2. The first-order chi connectivity index (χ1) is 13.7. The fraction of sp³-hybridized carbons (Fsp3) is 0.286. The lowest BCUT2D eigenvalue weighted by Gasteiger charge is -2.19. The number of hydrogen-bond acceptors (Lipinski definition) is 6. The Labute approximate surface area is 163 Å². The molecule has 1 aromatic heterocycles. The van der Waals surface area contributed by atoms with Gasteiger partial charge in [-0.15, -0.1) is 0 Å². The van der Waals surface area contributed by atoms with Gasteiger partial charge >= 0.3 is 0 Å². The maximum absolute atomic E-state index is 12.1. The van der Waals surface area contributed by atoms with Crippen LogP contribution in [0.3, 0.4) is 0 Å². The van der Waals surface area contributed by atoms with Crippen LogP contribution in [0.1, 0.15) is 25.7 Å². The number of nitrogens with zero attached hydrogens (tertiary/aromatic N) is 3. The van der Waals surface area contributed by atoms with Crippen molar-refractivity contribution < 1.29 is 14.1 Å². The highest BCUT2D eigenvalue weighted by molar-refractivity contribution is 5.98. The molecule has 0 saturated carbocycles. The van der Waals surface area contributed by atoms with E-state index >= 15 is 0 Å². The number of rotatable bonds is 7. The summed E-state index contributed by atoms with van der Waals surface area (Å²) < 4.78 is 10.8. The second-order valence-corrected chi connectivity index (χ2v) is 6.49. The summed E-state index contributed by atoms with van der Waals surface area (Å²) in [5, 5.41) is 7.36. The van der Waals surface area contributed by atoms with Crippen LogP contribution in [0.15, 0.2) is 53.1 Å². The average molecular weight is 378 g/mol. The van der Waals surface area contributed by atoms with Crippen molar-refractivity contribution in [3.8, 4) is 17.1 Å². The van der Waals surface area contributed by atoms with Crippen LogP contribution in [0.4, 0.5) is 11.4 Å². The summed E-state index contributed by atoms with van der Waals surface area (Å²) in [4.78, 5) is 18.3. The Morgan fingerprint density at radius 2 is 2.00 bits per heavy atom. The van der Waals surface area contributed by atoms with Gasteiger partial charge in [-0.05, 0) is 49.7 Å². The van der Waals surface area contributed by atoms with E-state index in [1.54, 1.807) is 0 Å². The summed E-state index contributed by atoms with van der Waals surface area (Å²) in [5.41, 5.74) is 2.62. The molecule has 0 unspecified atom stereocenters. The van der Waals surface area contributed by atoms with Crippen LogP contribution >= 0.6 is 0 Å². The van der Waals surface area contributed by atoms with Gasteiger partial charge in [0, 0.05) is 18.5 Å². The van der Waals surface area contributed by atoms with Crippen molar-refractivity contribution in [3.05, 3.63) is 54.4 Å². The van der Waals surface area contributed by atoms with E-state index in [4.69, 9.17) is 9.26 Å². The van der Waals surface area contributed by atoms with E-state index in [9.17, 15) is 4.79 Å². The zero-order valence-corrected chi connectivity index (χ0v) is 15.7. The molecule has 4 rings (SSSR count). The largest absolute Gasteiger partial charge is 0.494 e. The molecule has 7 heteroatoms. The van der Waals surface area contributed by atoms with Gasteiger partial charge in [-0.3, -0.25) is 4.79 Å². The van der Waals surface area contributed by atoms with Crippen LogP contribution in [-0.2, 0) is 11.3 Å². The Morgan fingerprint density at radius 1 is 1.18 bits per heavy atom. The minimum atomic E-state index is 0.157. The highest BCUT2D eigenvalue weighted by Gasteiger charge is 2.23. The Kier molecular flexibility index (Phi) is 5.23. The zero-order chi connectivity index (χ0) is 19.3. The van der Waals surface area contributed by atoms with Gasteiger partial charge in [0.15, 0.2) is 0 Å². The number of para-hydroxylation sites is 2. The monoisotopic (exact) mass is 378 g/mol. The fourth-order valence-electron chi connectivity index (χ4n) is 3.24. The standard InChI is InChI=1S/C21H22N4O3/c1-2-27-16-11-9-15(10-12-16)21-23-19(28-24-21)14-22-17-6-3-4-7-18(17)25-13-5-8-20(25)26/h3-4,6-7,9-12,22H,2,5,8,13-14H2,1H3. The van der Waals surface area contributed by atoms with Crippen LogP contribution in [0, 0.1) is 0 Å². The predicted octanol–water partition coefficient (Wildman–Crippen LogP) is 3.87. The molecule has 7 nitrogen and oxygen atoms in total. The SMILES string of the molecule is CCOc1ccc(-c2noc(CNc3ccccc3N3CCCC3=O)n2)cc1. The molecule has 1 aliphatic rings. The van der Waals surface area contributed by atoms with Gasteiger partial charge in [0.2, 0.25) is 17.6 Å². The number of benzene rings is 2. The van der Waals surface area contributed by atoms with Gasteiger partial charge < -0.3 is 19.5 Å². The van der Waals surface area contributed by atoms with Crippen LogP contribution in [0.2, 0.25) is 0 Å². The van der Waals surface area contributed by atoms with E-state index in [1.807, 2.05) is 60.4 Å². The third kappa shape index (κ3) is 3.83. The summed E-state index contributed by atoms with van der Waals surface area (Å²) in [6.07, 6.45) is 1.49. The second-order valence-electron chi connectivity index (χ2n) is 6.49. The van der Waals surface area contributed by atoms with Crippen LogP contribution < -0.4 is 15.0 Å². The molecule has 3 aromatic rings. The summed E-state index contributed by atoms with van der Waals surface area (Å²) in [6.45, 7) is 3.70. The maximum Gasteiger partial charge on any atom is 0.246 e. The highest BCUT2D eigenvalue weighted by atomic mass is 16.5. The second kappa shape index (κ2) is 8.12. The van der Waals surface area contributed by atoms with E-state index in [1.165, 1.54) is 0 Å². The molecule has 2 aromatic carbocycles. The Bertz CT molecular complexity index is 952. The van der Waals surface area contributed by atoms with Crippen molar-refractivity contribution >= 4 is 17.3 Å². The van der Waals surface area contributed by atoms with Gasteiger partial charge in [0.05, 0.1) is 24.5 Å². The minimum absolute atomic E-state index is 0.157. The van der Waals surface area contributed by atoms with Gasteiger partial charge in [-0.2, -0.15) is 4.98 Å². The zero-order valence-electron chi connectivity index (χ0n) is 15.7. The first-order valence-electron chi connectivity index (χ1n) is 9.43. The van der Waals surface area contributed by atoms with Crippen molar-refractivity contribution in [2.24, 2.45) is 0 Å². The molecule has 0 bridgehead atoms. The van der Waals surface area contributed by atoms with Crippen molar-refractivity contribution in [1.82, 2.24) is 10.1 Å². The lowest BCUT2D eigenvalue weighted by molar-refractivity contribution is -0.117. The van der Waals surface area contributed by atoms with E-state index in [2.05, 4.69) is 15.5 Å². The first-order valence-corrected chi connectivity index (χ1v) is 9.43. The van der Waals surface area contributed by atoms with E-state index < -0.39 is 0 Å². The molecule has 1 saturated heterocycles. The molecule has 28 heavy (non-hydrogen) atoms. The van der Waals surface area contributed by atoms with Crippen LogP contribution in [0.5, 0.6) is 5.75 Å². The van der Waals surface area contributed by atoms with Gasteiger partial charge in [-0.25, -0.2) is 0 Å². The summed E-state index contributed by atoms with van der Waals surface area (Å²) in [7, 11) is 0. The number of ether oxygens (including phenoxy) is 1. The number of nitrogens with one attached hydrogen (secondary N) is 1. The molecule has 1 amide bonds. The van der Waals surface area contributed by atoms with E-state index in [0.29, 0.717) is 31.3 Å². The molecule has 1 N–H and O–H groups in total. The van der Waals surface area contributed by atoms with Crippen molar-refractivity contribution in [2.75, 3.05) is 23.4 Å². The predicted molar refractivity (Wildman–Crippen MR) is 106 cm³/mol. The van der Waals surface area contributed by atoms with Crippen molar-refractivity contribution in [1.29, 1.82) is 0 Å². The molecule has 2 heterocycles. The molecular formula is C21H22N4O3. The molecule has 0 atom stereocenters. The number of carbonyl (C=O) groups is 1. The summed E-state index contributed by atoms with van der Waals surface area (Å²) in [5.74, 6) is 1.98. The maximum atomic E-state index is 12.1. The molecule has 0 radical (unpaired) electrons. The first kappa shape index (κ1) is 18.0. The normalized spacial score (nSPS) is 13.8. The Morgan fingerprint density at radius 3 is 2.75 bits per heavy atom. The lowest BCUT2D eigenvalue weighted by Crippen LogP contribution is -2.24. The fourth-order valence-corrected chi connectivity index (χ4v) is 3.24. The quantitative estimate of drug-likeness (QED) is 0.672. The number of anilines is 2. The molecular weight excluding hydrogens is 356 g/mol. The lowest BCUT2D eigenvalue weighted by atomic mass is 10.2. The van der Waals surface area contributed by atoms with E-state index in [0.717, 1.165) is 35.7 Å². The van der Waals surface area contributed by atoms with Gasteiger partial charge in [0.25, 0.3) is 0 Å². The number of hydrogen-bond donors (Lipinski definition) is 1. The minimum Gasteiger partial charge on any atom is -0.494 e. The Hall–Kier alpha value is -3.35. The van der Waals surface area contributed by atoms with Crippen molar-refractivity contribution in [2.45, 2.75) is 26.3 Å². The molecule has 0 aliphatic carbocycles. The van der Waals surface area contributed by atoms with Crippen molar-refractivity contribution in [3.63, 3.8) is 0 Å². The molecule has 1 fully saturated rings. The third-order valence-corrected chi connectivity index (χ3v) is 4.59. The topological polar surface area (TPSA) is 80.5 Å². The number of carbonyl (C=O) groups excluding carboxylic acids is 1. The third-order valence-electron chi connectivity index (χ3n) is 4.59.